The molecule has 0 aromatic heterocycles. The summed E-state index contributed by atoms with van der Waals surface area (Å²) in [6, 6.07) is 8.55. The summed E-state index contributed by atoms with van der Waals surface area (Å²) in [4.78, 5) is 2.52. The molecule has 116 valence electrons. The molecule has 1 aliphatic carbocycles. The van der Waals surface area contributed by atoms with E-state index in [-0.39, 0.29) is 0 Å². The summed E-state index contributed by atoms with van der Waals surface area (Å²) in [5.41, 5.74) is 7.53. The molecule has 3 heteroatoms. The van der Waals surface area contributed by atoms with E-state index in [0.29, 0.717) is 11.5 Å². The lowest BCUT2D eigenvalue weighted by molar-refractivity contribution is 0.202. The maximum atomic E-state index is 6.24. The zero-order valence-electron chi connectivity index (χ0n) is 13.2. The van der Waals surface area contributed by atoms with Gasteiger partial charge >= 0.3 is 0 Å². The van der Waals surface area contributed by atoms with Gasteiger partial charge in [-0.1, -0.05) is 25.1 Å². The Labute approximate surface area is 128 Å². The smallest absolute Gasteiger partial charge is 0.124 e. The van der Waals surface area contributed by atoms with Crippen LogP contribution in [0.1, 0.15) is 44.6 Å². The van der Waals surface area contributed by atoms with Gasteiger partial charge in [-0.3, -0.25) is 4.90 Å². The average Bonchev–Trinajstić information content (AvgIpc) is 3.12. The molecule has 0 amide bonds. The number of hydrogen-bond donors (Lipinski definition) is 1. The van der Waals surface area contributed by atoms with Gasteiger partial charge in [0.1, 0.15) is 5.75 Å². The largest absolute Gasteiger partial charge is 0.490 e. The molecule has 1 aromatic rings. The Hall–Kier alpha value is -1.06. The van der Waals surface area contributed by atoms with E-state index in [2.05, 4.69) is 36.1 Å². The Morgan fingerprint density at radius 3 is 2.76 bits per heavy atom. The van der Waals surface area contributed by atoms with E-state index in [4.69, 9.17) is 10.5 Å². The standard InChI is InChI=1S/C18H28N2O/c1-18(13-19)10-11-20(14-18)12-15-6-2-5-9-17(15)21-16-7-3-4-8-16/h2,5-6,9,16H,3-4,7-8,10-14,19H2,1H3. The molecule has 3 rings (SSSR count). The number of para-hydroxylation sites is 1. The molecule has 2 N–H and O–H groups in total. The molecule has 1 saturated carbocycles. The summed E-state index contributed by atoms with van der Waals surface area (Å²) in [5.74, 6) is 1.09. The summed E-state index contributed by atoms with van der Waals surface area (Å²) in [7, 11) is 0. The topological polar surface area (TPSA) is 38.5 Å². The van der Waals surface area contributed by atoms with Crippen molar-refractivity contribution in [3.63, 3.8) is 0 Å². The van der Waals surface area contributed by atoms with Crippen LogP contribution in [0.3, 0.4) is 0 Å². The van der Waals surface area contributed by atoms with Crippen molar-refractivity contribution in [2.45, 2.75) is 51.7 Å². The van der Waals surface area contributed by atoms with Gasteiger partial charge in [-0.05, 0) is 56.7 Å². The van der Waals surface area contributed by atoms with Gasteiger partial charge in [0.2, 0.25) is 0 Å². The second-order valence-corrected chi connectivity index (χ2v) is 7.11. The van der Waals surface area contributed by atoms with E-state index in [1.165, 1.54) is 37.7 Å². The molecule has 1 unspecified atom stereocenters. The number of rotatable bonds is 5. The Kier molecular flexibility index (Phi) is 4.51. The van der Waals surface area contributed by atoms with Gasteiger partial charge < -0.3 is 10.5 Å². The van der Waals surface area contributed by atoms with Crippen LogP contribution in [0.4, 0.5) is 0 Å². The van der Waals surface area contributed by atoms with Crippen LogP contribution in [0.5, 0.6) is 5.75 Å². The Morgan fingerprint density at radius 1 is 1.29 bits per heavy atom. The Balaban J connectivity index is 1.65. The molecule has 1 saturated heterocycles. The first-order valence-corrected chi connectivity index (χ1v) is 8.35. The van der Waals surface area contributed by atoms with E-state index in [1.54, 1.807) is 0 Å². The molecular weight excluding hydrogens is 260 g/mol. The van der Waals surface area contributed by atoms with Crippen molar-refractivity contribution >= 4 is 0 Å². The van der Waals surface area contributed by atoms with Crippen LogP contribution < -0.4 is 10.5 Å². The summed E-state index contributed by atoms with van der Waals surface area (Å²) in [5, 5.41) is 0. The molecule has 21 heavy (non-hydrogen) atoms. The van der Waals surface area contributed by atoms with Gasteiger partial charge in [0.05, 0.1) is 6.10 Å². The third-order valence-electron chi connectivity index (χ3n) is 5.09. The summed E-state index contributed by atoms with van der Waals surface area (Å²) in [6.45, 7) is 6.31. The molecule has 0 bridgehead atoms. The van der Waals surface area contributed by atoms with Crippen molar-refractivity contribution in [1.29, 1.82) is 0 Å². The van der Waals surface area contributed by atoms with Crippen LogP contribution in [0, 0.1) is 5.41 Å². The number of ether oxygens (including phenoxy) is 1. The molecule has 1 aliphatic heterocycles. The van der Waals surface area contributed by atoms with Gasteiger partial charge in [-0.15, -0.1) is 0 Å². The van der Waals surface area contributed by atoms with Crippen LogP contribution in [-0.4, -0.2) is 30.6 Å². The van der Waals surface area contributed by atoms with Gasteiger partial charge in [0.25, 0.3) is 0 Å². The van der Waals surface area contributed by atoms with Crippen LogP contribution in [0.2, 0.25) is 0 Å². The average molecular weight is 288 g/mol. The molecule has 2 aliphatic rings. The number of benzene rings is 1. The zero-order chi connectivity index (χ0) is 14.7. The van der Waals surface area contributed by atoms with E-state index >= 15 is 0 Å². The highest BCUT2D eigenvalue weighted by atomic mass is 16.5. The number of nitrogens with two attached hydrogens (primary N) is 1. The predicted molar refractivity (Wildman–Crippen MR) is 86.4 cm³/mol. The maximum Gasteiger partial charge on any atom is 0.124 e. The van der Waals surface area contributed by atoms with Gasteiger partial charge in [-0.2, -0.15) is 0 Å². The normalized spacial score (nSPS) is 27.3. The zero-order valence-corrected chi connectivity index (χ0v) is 13.2. The fourth-order valence-corrected chi connectivity index (χ4v) is 3.60. The molecular formula is C18H28N2O. The maximum absolute atomic E-state index is 6.24. The SMILES string of the molecule is CC1(CN)CCN(Cc2ccccc2OC2CCCC2)C1. The monoisotopic (exact) mass is 288 g/mol. The van der Waals surface area contributed by atoms with Crippen LogP contribution in [0.25, 0.3) is 0 Å². The third-order valence-corrected chi connectivity index (χ3v) is 5.09. The van der Waals surface area contributed by atoms with E-state index in [1.807, 2.05) is 0 Å². The fraction of sp³-hybridized carbons (Fsp3) is 0.667. The van der Waals surface area contributed by atoms with E-state index in [9.17, 15) is 0 Å². The second kappa shape index (κ2) is 6.37. The first-order chi connectivity index (χ1) is 10.2. The molecule has 3 nitrogen and oxygen atoms in total. The minimum atomic E-state index is 0.293. The molecule has 0 radical (unpaired) electrons. The van der Waals surface area contributed by atoms with Crippen LogP contribution in [-0.2, 0) is 6.54 Å². The highest BCUT2D eigenvalue weighted by molar-refractivity contribution is 5.33. The van der Waals surface area contributed by atoms with Crippen molar-refractivity contribution in [1.82, 2.24) is 4.90 Å². The lowest BCUT2D eigenvalue weighted by Gasteiger charge is -2.24. The molecule has 2 fully saturated rings. The van der Waals surface area contributed by atoms with E-state index in [0.717, 1.165) is 31.9 Å². The minimum absolute atomic E-state index is 0.293. The number of nitrogens with zero attached hydrogens (tertiary/aromatic N) is 1. The quantitative estimate of drug-likeness (QED) is 0.904. The molecule has 1 aromatic carbocycles. The molecule has 1 atom stereocenters. The highest BCUT2D eigenvalue weighted by Gasteiger charge is 2.32. The summed E-state index contributed by atoms with van der Waals surface area (Å²) >= 11 is 0. The predicted octanol–water partition coefficient (Wildman–Crippen LogP) is 3.18. The minimum Gasteiger partial charge on any atom is -0.490 e. The fourth-order valence-electron chi connectivity index (χ4n) is 3.60. The van der Waals surface area contributed by atoms with E-state index < -0.39 is 0 Å². The number of likely N-dealkylation sites (tertiary alicyclic amines) is 1. The first-order valence-electron chi connectivity index (χ1n) is 8.35. The van der Waals surface area contributed by atoms with Crippen molar-refractivity contribution in [3.05, 3.63) is 29.8 Å². The summed E-state index contributed by atoms with van der Waals surface area (Å²) in [6.07, 6.45) is 6.68. The van der Waals surface area contributed by atoms with Gasteiger partial charge in [0.15, 0.2) is 0 Å². The third kappa shape index (κ3) is 3.58. The lowest BCUT2D eigenvalue weighted by atomic mass is 9.90. The molecule has 0 spiro atoms. The Bertz CT molecular complexity index is 470. The second-order valence-electron chi connectivity index (χ2n) is 7.11. The van der Waals surface area contributed by atoms with Gasteiger partial charge in [-0.25, -0.2) is 0 Å². The van der Waals surface area contributed by atoms with Crippen LogP contribution in [0.15, 0.2) is 24.3 Å². The Morgan fingerprint density at radius 2 is 2.05 bits per heavy atom. The van der Waals surface area contributed by atoms with Crippen molar-refractivity contribution < 1.29 is 4.74 Å². The van der Waals surface area contributed by atoms with Crippen molar-refractivity contribution in [3.8, 4) is 5.75 Å². The van der Waals surface area contributed by atoms with Gasteiger partial charge in [0, 0.05) is 18.7 Å². The lowest BCUT2D eigenvalue weighted by Crippen LogP contribution is -2.31. The highest BCUT2D eigenvalue weighted by Crippen LogP contribution is 2.32. The summed E-state index contributed by atoms with van der Waals surface area (Å²) < 4.78 is 6.24. The first kappa shape index (κ1) is 14.9. The van der Waals surface area contributed by atoms with Crippen molar-refractivity contribution in [2.75, 3.05) is 19.6 Å². The molecule has 1 heterocycles. The van der Waals surface area contributed by atoms with Crippen LogP contribution >= 0.6 is 0 Å². The number of hydrogen-bond acceptors (Lipinski definition) is 3. The van der Waals surface area contributed by atoms with Crippen molar-refractivity contribution in [2.24, 2.45) is 11.1 Å².